The van der Waals surface area contributed by atoms with Crippen molar-refractivity contribution in [3.63, 3.8) is 0 Å². The molecule has 10 heteroatoms. The third-order valence-corrected chi connectivity index (χ3v) is 4.47. The molecular weight excluding hydrogens is 324 g/mol. The van der Waals surface area contributed by atoms with Crippen molar-refractivity contribution >= 4 is 39.7 Å². The highest BCUT2D eigenvalue weighted by Gasteiger charge is 2.14. The topological polar surface area (TPSA) is 114 Å². The van der Waals surface area contributed by atoms with Gasteiger partial charge >= 0.3 is 0 Å². The van der Waals surface area contributed by atoms with Crippen molar-refractivity contribution in [1.29, 1.82) is 0 Å². The Balaban J connectivity index is 0.00000361. The molecule has 0 saturated carbocycles. The summed E-state index contributed by atoms with van der Waals surface area (Å²) in [5.74, 6) is -0.555. The largest absolute Gasteiger partial charge is 0.350 e. The number of sulfonamides is 1. The van der Waals surface area contributed by atoms with Gasteiger partial charge < -0.3 is 11.1 Å². The maximum Gasteiger partial charge on any atom is 0.270 e. The third-order valence-electron chi connectivity index (χ3n) is 2.03. The lowest BCUT2D eigenvalue weighted by Crippen LogP contribution is -2.37. The van der Waals surface area contributed by atoms with E-state index in [1.807, 2.05) is 0 Å². The lowest BCUT2D eigenvalue weighted by Gasteiger charge is -2.09. The number of nitrogens with zero attached hydrogens (tertiary/aromatic N) is 1. The van der Waals surface area contributed by atoms with Crippen LogP contribution in [0, 0.1) is 0 Å². The normalized spacial score (nSPS) is 11.2. The van der Waals surface area contributed by atoms with E-state index < -0.39 is 15.9 Å². The van der Waals surface area contributed by atoms with Crippen LogP contribution in [0.5, 0.6) is 0 Å². The number of nitrogens with two attached hydrogens (primary N) is 1. The van der Waals surface area contributed by atoms with Gasteiger partial charge in [0.05, 0.1) is 5.75 Å². The molecule has 0 aromatic carbocycles. The fraction of sp³-hybridized carbons (Fsp3) is 0.600. The van der Waals surface area contributed by atoms with E-state index in [4.69, 9.17) is 5.73 Å². The summed E-state index contributed by atoms with van der Waals surface area (Å²) in [6, 6.07) is -0.161. The van der Waals surface area contributed by atoms with E-state index in [1.54, 1.807) is 19.2 Å². The number of aromatic nitrogens is 1. The molecule has 0 aliphatic heterocycles. The van der Waals surface area contributed by atoms with Gasteiger partial charge in [-0.2, -0.15) is 0 Å². The van der Waals surface area contributed by atoms with Crippen molar-refractivity contribution in [2.45, 2.75) is 26.4 Å². The lowest BCUT2D eigenvalue weighted by molar-refractivity contribution is 0.0951. The number of halogens is 1. The maximum absolute atomic E-state index is 11.7. The number of carbonyl (C=O) groups excluding carboxylic acids is 1. The van der Waals surface area contributed by atoms with E-state index in [-0.39, 0.29) is 43.0 Å². The van der Waals surface area contributed by atoms with Gasteiger partial charge in [0.15, 0.2) is 0 Å². The van der Waals surface area contributed by atoms with E-state index in [0.29, 0.717) is 5.01 Å². The SMILES string of the molecule is CC(C)NS(=O)(=O)CCNC(=O)c1csc(CN)n1.Cl. The third kappa shape index (κ3) is 6.62. The minimum atomic E-state index is -3.36. The predicted molar refractivity (Wildman–Crippen MR) is 81.6 cm³/mol. The van der Waals surface area contributed by atoms with Crippen LogP contribution in [0.3, 0.4) is 0 Å². The number of amides is 1. The summed E-state index contributed by atoms with van der Waals surface area (Å²) in [5.41, 5.74) is 5.66. The number of hydrogen-bond acceptors (Lipinski definition) is 6. The molecule has 7 nitrogen and oxygen atoms in total. The van der Waals surface area contributed by atoms with Crippen LogP contribution in [-0.2, 0) is 16.6 Å². The Morgan fingerprint density at radius 1 is 1.50 bits per heavy atom. The quantitative estimate of drug-likeness (QED) is 0.649. The zero-order valence-corrected chi connectivity index (χ0v) is 13.7. The van der Waals surface area contributed by atoms with Crippen LogP contribution in [0.25, 0.3) is 0 Å². The highest BCUT2D eigenvalue weighted by Crippen LogP contribution is 2.08. The van der Waals surface area contributed by atoms with Gasteiger partial charge in [0.2, 0.25) is 10.0 Å². The summed E-state index contributed by atoms with van der Waals surface area (Å²) in [6.45, 7) is 3.79. The molecule has 0 bridgehead atoms. The highest BCUT2D eigenvalue weighted by atomic mass is 35.5. The van der Waals surface area contributed by atoms with Crippen molar-refractivity contribution < 1.29 is 13.2 Å². The second-order valence-corrected chi connectivity index (χ2v) is 6.99. The first kappa shape index (κ1) is 19.3. The number of hydrogen-bond donors (Lipinski definition) is 3. The molecule has 0 radical (unpaired) electrons. The van der Waals surface area contributed by atoms with Crippen LogP contribution in [-0.4, -0.2) is 37.6 Å². The first-order chi connectivity index (χ1) is 8.84. The zero-order chi connectivity index (χ0) is 14.5. The van der Waals surface area contributed by atoms with Crippen molar-refractivity contribution in [1.82, 2.24) is 15.0 Å². The zero-order valence-electron chi connectivity index (χ0n) is 11.3. The van der Waals surface area contributed by atoms with E-state index in [1.165, 1.54) is 11.3 Å². The van der Waals surface area contributed by atoms with Gasteiger partial charge in [-0.25, -0.2) is 18.1 Å². The Morgan fingerprint density at radius 2 is 2.15 bits per heavy atom. The lowest BCUT2D eigenvalue weighted by atomic mass is 10.4. The minimum absolute atomic E-state index is 0. The molecule has 1 amide bonds. The average molecular weight is 343 g/mol. The highest BCUT2D eigenvalue weighted by molar-refractivity contribution is 7.89. The van der Waals surface area contributed by atoms with Crippen molar-refractivity contribution in [2.75, 3.05) is 12.3 Å². The molecule has 0 atom stereocenters. The van der Waals surface area contributed by atoms with Gasteiger partial charge in [-0.3, -0.25) is 4.79 Å². The molecular formula is C10H19ClN4O3S2. The summed E-state index contributed by atoms with van der Waals surface area (Å²) < 4.78 is 25.5. The van der Waals surface area contributed by atoms with Gasteiger partial charge in [0, 0.05) is 24.5 Å². The van der Waals surface area contributed by atoms with Crippen LogP contribution in [0.4, 0.5) is 0 Å². The fourth-order valence-electron chi connectivity index (χ4n) is 1.32. The molecule has 1 rings (SSSR count). The first-order valence-electron chi connectivity index (χ1n) is 5.76. The molecule has 1 heterocycles. The summed E-state index contributed by atoms with van der Waals surface area (Å²) in [5, 5.41) is 4.77. The van der Waals surface area contributed by atoms with E-state index in [0.717, 1.165) is 0 Å². The van der Waals surface area contributed by atoms with Crippen molar-refractivity contribution in [2.24, 2.45) is 5.73 Å². The van der Waals surface area contributed by atoms with E-state index in [9.17, 15) is 13.2 Å². The molecule has 20 heavy (non-hydrogen) atoms. The van der Waals surface area contributed by atoms with E-state index >= 15 is 0 Å². The number of rotatable bonds is 7. The van der Waals surface area contributed by atoms with Gasteiger partial charge in [-0.05, 0) is 13.8 Å². The van der Waals surface area contributed by atoms with Gasteiger partial charge in [0.1, 0.15) is 10.7 Å². The maximum atomic E-state index is 11.7. The summed E-state index contributed by atoms with van der Waals surface area (Å²) in [4.78, 5) is 15.7. The fourth-order valence-corrected chi connectivity index (χ4v) is 3.18. The van der Waals surface area contributed by atoms with Crippen LogP contribution in [0.2, 0.25) is 0 Å². The van der Waals surface area contributed by atoms with Crippen LogP contribution in [0.1, 0.15) is 29.3 Å². The van der Waals surface area contributed by atoms with Gasteiger partial charge in [-0.15, -0.1) is 23.7 Å². The van der Waals surface area contributed by atoms with Crippen molar-refractivity contribution in [3.8, 4) is 0 Å². The molecule has 1 aromatic heterocycles. The van der Waals surface area contributed by atoms with Gasteiger partial charge in [-0.1, -0.05) is 0 Å². The monoisotopic (exact) mass is 342 g/mol. The Labute approximate surface area is 128 Å². The molecule has 0 spiro atoms. The second kappa shape index (κ2) is 8.53. The first-order valence-corrected chi connectivity index (χ1v) is 8.30. The smallest absolute Gasteiger partial charge is 0.270 e. The summed E-state index contributed by atoms with van der Waals surface area (Å²) in [7, 11) is -3.36. The Bertz CT molecular complexity index is 530. The standard InChI is InChI=1S/C10H18N4O3S2.ClH/c1-7(2)14-19(16,17)4-3-12-10(15)8-6-18-9(5-11)13-8;/h6-7,14H,3-5,11H2,1-2H3,(H,12,15);1H. The average Bonchev–Trinajstić information content (AvgIpc) is 2.75. The predicted octanol–water partition coefficient (Wildman–Crippen LogP) is 0.0812. The Morgan fingerprint density at radius 3 is 2.65 bits per heavy atom. The molecule has 0 fully saturated rings. The van der Waals surface area contributed by atoms with Crippen LogP contribution in [0.15, 0.2) is 5.38 Å². The number of carbonyl (C=O) groups is 1. The summed E-state index contributed by atoms with van der Waals surface area (Å²) in [6.07, 6.45) is 0. The van der Waals surface area contributed by atoms with E-state index in [2.05, 4.69) is 15.0 Å². The molecule has 0 unspecified atom stereocenters. The van der Waals surface area contributed by atoms with Crippen LogP contribution >= 0.6 is 23.7 Å². The molecule has 0 aliphatic rings. The summed E-state index contributed by atoms with van der Waals surface area (Å²) >= 11 is 1.30. The number of thiazole rings is 1. The Hall–Kier alpha value is -0.740. The molecule has 1 aromatic rings. The molecule has 0 aliphatic carbocycles. The molecule has 0 saturated heterocycles. The van der Waals surface area contributed by atoms with Gasteiger partial charge in [0.25, 0.3) is 5.91 Å². The number of nitrogens with one attached hydrogen (secondary N) is 2. The second-order valence-electron chi connectivity index (χ2n) is 4.18. The van der Waals surface area contributed by atoms with Crippen molar-refractivity contribution in [3.05, 3.63) is 16.1 Å². The van der Waals surface area contributed by atoms with Crippen LogP contribution < -0.4 is 15.8 Å². The molecule has 4 N–H and O–H groups in total. The molecule has 116 valence electrons. The Kier molecular flexibility index (Phi) is 8.21. The minimum Gasteiger partial charge on any atom is -0.350 e.